The van der Waals surface area contributed by atoms with E-state index in [0.29, 0.717) is 13.0 Å². The third-order valence-corrected chi connectivity index (χ3v) is 4.76. The van der Waals surface area contributed by atoms with E-state index in [-0.39, 0.29) is 18.1 Å². The van der Waals surface area contributed by atoms with Crippen molar-refractivity contribution in [2.24, 2.45) is 0 Å². The summed E-state index contributed by atoms with van der Waals surface area (Å²) in [6, 6.07) is 7.76. The number of hydrogen-bond acceptors (Lipinski definition) is 5. The Morgan fingerprint density at radius 1 is 1.27 bits per heavy atom. The number of carbonyl (C=O) groups excluding carboxylic acids is 1. The Kier molecular flexibility index (Phi) is 4.49. The number of H-pyrrole nitrogens is 1. The van der Waals surface area contributed by atoms with Crippen LogP contribution in [0.2, 0.25) is 0 Å². The number of nitrogens with zero attached hydrogens (tertiary/aromatic N) is 5. The van der Waals surface area contributed by atoms with Crippen molar-refractivity contribution in [2.75, 3.05) is 13.7 Å². The molecule has 134 valence electrons. The van der Waals surface area contributed by atoms with Crippen LogP contribution in [0.4, 0.5) is 0 Å². The minimum Gasteiger partial charge on any atom is -0.380 e. The van der Waals surface area contributed by atoms with Crippen molar-refractivity contribution in [2.45, 2.75) is 25.0 Å². The highest BCUT2D eigenvalue weighted by molar-refractivity contribution is 5.79. The zero-order valence-corrected chi connectivity index (χ0v) is 14.4. The highest BCUT2D eigenvalue weighted by atomic mass is 16.5. The van der Waals surface area contributed by atoms with E-state index in [0.717, 1.165) is 23.5 Å². The van der Waals surface area contributed by atoms with Gasteiger partial charge in [0.05, 0.1) is 18.6 Å². The Bertz CT molecular complexity index is 844. The van der Waals surface area contributed by atoms with Crippen molar-refractivity contribution in [3.8, 4) is 5.69 Å². The Balaban J connectivity index is 1.48. The number of rotatable bonds is 5. The number of methoxy groups -OCH3 is 1. The zero-order chi connectivity index (χ0) is 17.9. The van der Waals surface area contributed by atoms with E-state index in [1.807, 2.05) is 33.7 Å². The van der Waals surface area contributed by atoms with Gasteiger partial charge in [-0.2, -0.15) is 0 Å². The summed E-state index contributed by atoms with van der Waals surface area (Å²) in [6.45, 7) is 0.583. The van der Waals surface area contributed by atoms with Crippen molar-refractivity contribution < 1.29 is 9.53 Å². The number of aromatic amines is 1. The fourth-order valence-corrected chi connectivity index (χ4v) is 3.36. The van der Waals surface area contributed by atoms with E-state index in [1.165, 1.54) is 0 Å². The van der Waals surface area contributed by atoms with Gasteiger partial charge in [0.1, 0.15) is 18.5 Å². The summed E-state index contributed by atoms with van der Waals surface area (Å²) in [7, 11) is 1.68. The van der Waals surface area contributed by atoms with Crippen LogP contribution < -0.4 is 0 Å². The standard InChI is InChI=1S/C18H20N6O2/c1-26-15-9-16(18-19-6-7-20-18)24(10-15)17(25)8-13-2-4-14(5-3-13)23-11-21-22-12-23/h2-7,11-12,15-16H,8-10H2,1H3,(H,19,20)/t15-,16?/m1/s1. The lowest BCUT2D eigenvalue weighted by Gasteiger charge is -2.23. The first-order valence-electron chi connectivity index (χ1n) is 8.50. The summed E-state index contributed by atoms with van der Waals surface area (Å²) in [5.74, 6) is 0.879. The SMILES string of the molecule is CO[C@@H]1CC(c2ncc[nH]2)N(C(=O)Cc2ccc(-n3cnnc3)cc2)C1. The fourth-order valence-electron chi connectivity index (χ4n) is 3.36. The van der Waals surface area contributed by atoms with Crippen molar-refractivity contribution in [1.82, 2.24) is 29.6 Å². The predicted octanol–water partition coefficient (Wildman–Crippen LogP) is 1.52. The van der Waals surface area contributed by atoms with Gasteiger partial charge in [-0.15, -0.1) is 10.2 Å². The predicted molar refractivity (Wildman–Crippen MR) is 93.5 cm³/mol. The molecule has 0 saturated carbocycles. The maximum atomic E-state index is 12.9. The third-order valence-electron chi connectivity index (χ3n) is 4.76. The maximum absolute atomic E-state index is 12.9. The summed E-state index contributed by atoms with van der Waals surface area (Å²) in [6.07, 6.45) is 7.90. The van der Waals surface area contributed by atoms with Gasteiger partial charge in [-0.3, -0.25) is 9.36 Å². The molecular formula is C18H20N6O2. The number of likely N-dealkylation sites (tertiary alicyclic amines) is 1. The van der Waals surface area contributed by atoms with Gasteiger partial charge in [-0.1, -0.05) is 12.1 Å². The fraction of sp³-hybridized carbons (Fsp3) is 0.333. The number of amides is 1. The molecule has 1 amide bonds. The number of aromatic nitrogens is 5. The topological polar surface area (TPSA) is 88.9 Å². The summed E-state index contributed by atoms with van der Waals surface area (Å²) >= 11 is 0. The summed E-state index contributed by atoms with van der Waals surface area (Å²) in [5.41, 5.74) is 1.92. The number of carbonyl (C=O) groups is 1. The highest BCUT2D eigenvalue weighted by Gasteiger charge is 2.37. The van der Waals surface area contributed by atoms with Gasteiger partial charge < -0.3 is 14.6 Å². The molecule has 1 N–H and O–H groups in total. The molecule has 8 nitrogen and oxygen atoms in total. The molecule has 26 heavy (non-hydrogen) atoms. The Labute approximate surface area is 150 Å². The molecule has 0 aliphatic carbocycles. The molecule has 1 saturated heterocycles. The first kappa shape index (κ1) is 16.5. The van der Waals surface area contributed by atoms with Crippen LogP contribution in [0.5, 0.6) is 0 Å². The smallest absolute Gasteiger partial charge is 0.227 e. The van der Waals surface area contributed by atoms with Crippen molar-refractivity contribution in [3.63, 3.8) is 0 Å². The van der Waals surface area contributed by atoms with Gasteiger partial charge in [0.2, 0.25) is 5.91 Å². The Hall–Kier alpha value is -3.00. The molecule has 0 radical (unpaired) electrons. The van der Waals surface area contributed by atoms with E-state index in [4.69, 9.17) is 4.74 Å². The Morgan fingerprint density at radius 2 is 2.04 bits per heavy atom. The molecule has 0 bridgehead atoms. The number of benzene rings is 1. The molecule has 3 aromatic rings. The quantitative estimate of drug-likeness (QED) is 0.752. The molecule has 1 aromatic carbocycles. The molecule has 1 aliphatic rings. The van der Waals surface area contributed by atoms with Crippen LogP contribution in [0.1, 0.15) is 23.9 Å². The largest absolute Gasteiger partial charge is 0.380 e. The van der Waals surface area contributed by atoms with Crippen LogP contribution in [-0.2, 0) is 16.0 Å². The molecule has 8 heteroatoms. The van der Waals surface area contributed by atoms with E-state index >= 15 is 0 Å². The minimum atomic E-state index is -0.0706. The number of nitrogens with one attached hydrogen (secondary N) is 1. The van der Waals surface area contributed by atoms with Crippen LogP contribution in [0, 0.1) is 0 Å². The van der Waals surface area contributed by atoms with E-state index in [1.54, 1.807) is 32.2 Å². The Morgan fingerprint density at radius 3 is 2.69 bits per heavy atom. The number of hydrogen-bond donors (Lipinski definition) is 1. The monoisotopic (exact) mass is 352 g/mol. The zero-order valence-electron chi connectivity index (χ0n) is 14.4. The van der Waals surface area contributed by atoms with Gasteiger partial charge in [-0.25, -0.2) is 4.98 Å². The molecule has 3 heterocycles. The number of imidazole rings is 1. The summed E-state index contributed by atoms with van der Waals surface area (Å²) in [4.78, 5) is 22.2. The lowest BCUT2D eigenvalue weighted by Crippen LogP contribution is -2.33. The average Bonchev–Trinajstić information content (AvgIpc) is 3.42. The summed E-state index contributed by atoms with van der Waals surface area (Å²) < 4.78 is 7.30. The molecule has 1 fully saturated rings. The van der Waals surface area contributed by atoms with Crippen molar-refractivity contribution in [1.29, 1.82) is 0 Å². The van der Waals surface area contributed by atoms with Gasteiger partial charge >= 0.3 is 0 Å². The molecule has 4 rings (SSSR count). The second kappa shape index (κ2) is 7.09. The van der Waals surface area contributed by atoms with E-state index in [2.05, 4.69) is 20.2 Å². The lowest BCUT2D eigenvalue weighted by molar-refractivity contribution is -0.131. The third kappa shape index (κ3) is 3.23. The minimum absolute atomic E-state index is 0.0326. The second-order valence-corrected chi connectivity index (χ2v) is 6.34. The first-order chi connectivity index (χ1) is 12.7. The molecule has 0 spiro atoms. The highest BCUT2D eigenvalue weighted by Crippen LogP contribution is 2.32. The average molecular weight is 352 g/mol. The molecular weight excluding hydrogens is 332 g/mol. The first-order valence-corrected chi connectivity index (χ1v) is 8.50. The maximum Gasteiger partial charge on any atom is 0.227 e. The van der Waals surface area contributed by atoms with Gasteiger partial charge in [-0.05, 0) is 17.7 Å². The number of ether oxygens (including phenoxy) is 1. The van der Waals surface area contributed by atoms with Gasteiger partial charge in [0.25, 0.3) is 0 Å². The van der Waals surface area contributed by atoms with Crippen LogP contribution in [-0.4, -0.2) is 55.3 Å². The molecule has 1 unspecified atom stereocenters. The van der Waals surface area contributed by atoms with Crippen LogP contribution >= 0.6 is 0 Å². The van der Waals surface area contributed by atoms with Crippen LogP contribution in [0.15, 0.2) is 49.3 Å². The normalized spacial score (nSPS) is 19.8. The van der Waals surface area contributed by atoms with Crippen LogP contribution in [0.25, 0.3) is 5.69 Å². The second-order valence-electron chi connectivity index (χ2n) is 6.34. The molecule has 1 aliphatic heterocycles. The van der Waals surface area contributed by atoms with E-state index < -0.39 is 0 Å². The summed E-state index contributed by atoms with van der Waals surface area (Å²) in [5, 5.41) is 7.60. The lowest BCUT2D eigenvalue weighted by atomic mass is 10.1. The van der Waals surface area contributed by atoms with Gasteiger partial charge in [0, 0.05) is 38.2 Å². The molecule has 2 aromatic heterocycles. The molecule has 2 atom stereocenters. The van der Waals surface area contributed by atoms with Gasteiger partial charge in [0.15, 0.2) is 0 Å². The van der Waals surface area contributed by atoms with Crippen LogP contribution in [0.3, 0.4) is 0 Å². The van der Waals surface area contributed by atoms with Crippen molar-refractivity contribution in [3.05, 3.63) is 60.7 Å². The van der Waals surface area contributed by atoms with Crippen molar-refractivity contribution >= 4 is 5.91 Å². The van der Waals surface area contributed by atoms with E-state index in [9.17, 15) is 4.79 Å².